The molecule has 1 rings (SSSR count). The van der Waals surface area contributed by atoms with Gasteiger partial charge in [0.1, 0.15) is 11.5 Å². The Morgan fingerprint density at radius 3 is 2.26 bits per heavy atom. The van der Waals surface area contributed by atoms with Crippen molar-refractivity contribution in [2.45, 2.75) is 39.8 Å². The van der Waals surface area contributed by atoms with E-state index in [9.17, 15) is 5.11 Å². The number of hydrogen-bond acceptors (Lipinski definition) is 4. The molecule has 0 saturated carbocycles. The molecular weight excluding hydrogens is 242 g/mol. The van der Waals surface area contributed by atoms with Gasteiger partial charge in [0.05, 0.1) is 20.8 Å². The van der Waals surface area contributed by atoms with Gasteiger partial charge in [0, 0.05) is 17.6 Å². The Kier molecular flexibility index (Phi) is 5.20. The van der Waals surface area contributed by atoms with E-state index in [1.165, 1.54) is 0 Å². The summed E-state index contributed by atoms with van der Waals surface area (Å²) in [6.07, 6.45) is 0. The van der Waals surface area contributed by atoms with E-state index < -0.39 is 0 Å². The molecule has 0 aliphatic rings. The zero-order valence-electron chi connectivity index (χ0n) is 12.8. The first-order chi connectivity index (χ1) is 8.86. The molecule has 0 aromatic heterocycles. The summed E-state index contributed by atoms with van der Waals surface area (Å²) >= 11 is 0. The third-order valence-corrected chi connectivity index (χ3v) is 3.45. The second kappa shape index (κ2) is 6.26. The molecule has 0 spiro atoms. The highest BCUT2D eigenvalue weighted by atomic mass is 16.5. The number of nitrogens with one attached hydrogen (secondary N) is 1. The zero-order chi connectivity index (χ0) is 14.6. The molecule has 1 aromatic carbocycles. The predicted molar refractivity (Wildman–Crippen MR) is 77.0 cm³/mol. The highest BCUT2D eigenvalue weighted by Crippen LogP contribution is 2.33. The summed E-state index contributed by atoms with van der Waals surface area (Å²) in [6, 6.07) is 1.99. The van der Waals surface area contributed by atoms with Crippen molar-refractivity contribution in [2.75, 3.05) is 20.8 Å². The Bertz CT molecular complexity index is 442. The fraction of sp³-hybridized carbons (Fsp3) is 0.600. The lowest BCUT2D eigenvalue weighted by atomic mass is 10.0. The van der Waals surface area contributed by atoms with E-state index in [1.54, 1.807) is 14.2 Å². The summed E-state index contributed by atoms with van der Waals surface area (Å²) in [5, 5.41) is 12.6. The Hall–Kier alpha value is -1.26. The second-order valence-corrected chi connectivity index (χ2v) is 5.42. The molecule has 0 unspecified atom stereocenters. The minimum atomic E-state index is -0.322. The van der Waals surface area contributed by atoms with Crippen molar-refractivity contribution in [2.24, 2.45) is 0 Å². The Morgan fingerprint density at radius 1 is 1.16 bits per heavy atom. The monoisotopic (exact) mass is 267 g/mol. The molecule has 2 N–H and O–H groups in total. The average Bonchev–Trinajstić information content (AvgIpc) is 2.40. The number of ether oxygens (including phenoxy) is 2. The van der Waals surface area contributed by atoms with Crippen LogP contribution >= 0.6 is 0 Å². The van der Waals surface area contributed by atoms with Crippen LogP contribution in [0.5, 0.6) is 11.5 Å². The highest BCUT2D eigenvalue weighted by Gasteiger charge is 2.18. The topological polar surface area (TPSA) is 50.7 Å². The maximum atomic E-state index is 9.28. The Morgan fingerprint density at radius 2 is 1.79 bits per heavy atom. The van der Waals surface area contributed by atoms with Gasteiger partial charge in [0.25, 0.3) is 0 Å². The van der Waals surface area contributed by atoms with Gasteiger partial charge in [0.2, 0.25) is 0 Å². The van der Waals surface area contributed by atoms with Crippen molar-refractivity contribution < 1.29 is 14.6 Å². The van der Waals surface area contributed by atoms with Gasteiger partial charge in [-0.2, -0.15) is 0 Å². The van der Waals surface area contributed by atoms with Gasteiger partial charge in [-0.1, -0.05) is 0 Å². The van der Waals surface area contributed by atoms with Gasteiger partial charge in [-0.25, -0.2) is 0 Å². The molecule has 0 bridgehead atoms. The number of methoxy groups -OCH3 is 2. The van der Waals surface area contributed by atoms with Crippen LogP contribution in [0.25, 0.3) is 0 Å². The molecule has 108 valence electrons. The van der Waals surface area contributed by atoms with Gasteiger partial charge in [0.15, 0.2) is 0 Å². The first-order valence-corrected chi connectivity index (χ1v) is 6.43. The summed E-state index contributed by atoms with van der Waals surface area (Å²) in [5.74, 6) is 1.73. The van der Waals surface area contributed by atoms with Crippen LogP contribution in [0, 0.1) is 13.8 Å². The van der Waals surface area contributed by atoms with Gasteiger partial charge in [-0.15, -0.1) is 0 Å². The lowest BCUT2D eigenvalue weighted by Crippen LogP contribution is -2.42. The maximum absolute atomic E-state index is 9.28. The molecule has 0 atom stereocenters. The summed E-state index contributed by atoms with van der Waals surface area (Å²) < 4.78 is 10.9. The van der Waals surface area contributed by atoms with Gasteiger partial charge >= 0.3 is 0 Å². The Balaban J connectivity index is 3.09. The van der Waals surface area contributed by atoms with Crippen LogP contribution in [0.15, 0.2) is 6.07 Å². The predicted octanol–water partition coefficient (Wildman–Crippen LogP) is 2.18. The van der Waals surface area contributed by atoms with Crippen LogP contribution in [0.4, 0.5) is 0 Å². The number of benzene rings is 1. The molecule has 0 aliphatic heterocycles. The number of hydrogen-bond donors (Lipinski definition) is 2. The standard InChI is InChI=1S/C15H25NO3/c1-10-11(2)14(19-6)12(7-13(10)18-5)8-16-15(3,4)9-17/h7,16-17H,8-9H2,1-6H3. The molecule has 0 amide bonds. The molecule has 0 fully saturated rings. The van der Waals surface area contributed by atoms with Crippen LogP contribution in [-0.4, -0.2) is 31.5 Å². The minimum Gasteiger partial charge on any atom is -0.496 e. The summed E-state index contributed by atoms with van der Waals surface area (Å²) in [7, 11) is 3.35. The van der Waals surface area contributed by atoms with Gasteiger partial charge in [-0.3, -0.25) is 0 Å². The van der Waals surface area contributed by atoms with Crippen LogP contribution < -0.4 is 14.8 Å². The zero-order valence-corrected chi connectivity index (χ0v) is 12.8. The number of rotatable bonds is 6. The second-order valence-electron chi connectivity index (χ2n) is 5.42. The first-order valence-electron chi connectivity index (χ1n) is 6.43. The molecular formula is C15H25NO3. The van der Waals surface area contributed by atoms with Crippen molar-refractivity contribution >= 4 is 0 Å². The van der Waals surface area contributed by atoms with Crippen LogP contribution in [0.1, 0.15) is 30.5 Å². The van der Waals surface area contributed by atoms with E-state index in [0.717, 1.165) is 28.2 Å². The molecule has 0 heterocycles. The van der Waals surface area contributed by atoms with Crippen molar-refractivity contribution in [3.05, 3.63) is 22.8 Å². The van der Waals surface area contributed by atoms with Crippen molar-refractivity contribution in [1.82, 2.24) is 5.32 Å². The summed E-state index contributed by atoms with van der Waals surface area (Å²) in [6.45, 7) is 8.66. The maximum Gasteiger partial charge on any atom is 0.126 e. The molecule has 0 saturated heterocycles. The van der Waals surface area contributed by atoms with Crippen LogP contribution in [0.3, 0.4) is 0 Å². The van der Waals surface area contributed by atoms with E-state index in [4.69, 9.17) is 9.47 Å². The van der Waals surface area contributed by atoms with E-state index in [0.29, 0.717) is 6.54 Å². The summed E-state index contributed by atoms with van der Waals surface area (Å²) in [4.78, 5) is 0. The fourth-order valence-electron chi connectivity index (χ4n) is 1.95. The third-order valence-electron chi connectivity index (χ3n) is 3.45. The molecule has 4 nitrogen and oxygen atoms in total. The van der Waals surface area contributed by atoms with Crippen molar-refractivity contribution in [3.8, 4) is 11.5 Å². The van der Waals surface area contributed by atoms with E-state index in [1.807, 2.05) is 33.8 Å². The lowest BCUT2D eigenvalue weighted by molar-refractivity contribution is 0.187. The highest BCUT2D eigenvalue weighted by molar-refractivity contribution is 5.52. The molecule has 19 heavy (non-hydrogen) atoms. The number of aliphatic hydroxyl groups is 1. The van der Waals surface area contributed by atoms with E-state index in [2.05, 4.69) is 5.32 Å². The molecule has 1 aromatic rings. The smallest absolute Gasteiger partial charge is 0.126 e. The van der Waals surface area contributed by atoms with Crippen molar-refractivity contribution in [1.29, 1.82) is 0 Å². The minimum absolute atomic E-state index is 0.0806. The van der Waals surface area contributed by atoms with Crippen LogP contribution in [0.2, 0.25) is 0 Å². The van der Waals surface area contributed by atoms with Crippen molar-refractivity contribution in [3.63, 3.8) is 0 Å². The van der Waals surface area contributed by atoms with Gasteiger partial charge < -0.3 is 19.9 Å². The quantitative estimate of drug-likeness (QED) is 0.829. The largest absolute Gasteiger partial charge is 0.496 e. The molecule has 0 radical (unpaired) electrons. The van der Waals surface area contributed by atoms with Crippen LogP contribution in [-0.2, 0) is 6.54 Å². The van der Waals surface area contributed by atoms with E-state index >= 15 is 0 Å². The van der Waals surface area contributed by atoms with Gasteiger partial charge in [-0.05, 0) is 44.9 Å². The lowest BCUT2D eigenvalue weighted by Gasteiger charge is -2.25. The summed E-state index contributed by atoms with van der Waals surface area (Å²) in [5.41, 5.74) is 2.88. The first kappa shape index (κ1) is 15.8. The fourth-order valence-corrected chi connectivity index (χ4v) is 1.95. The Labute approximate surface area is 115 Å². The number of aliphatic hydroxyl groups excluding tert-OH is 1. The van der Waals surface area contributed by atoms with E-state index in [-0.39, 0.29) is 12.1 Å². The average molecular weight is 267 g/mol. The third kappa shape index (κ3) is 3.61. The SMILES string of the molecule is COc1cc(CNC(C)(C)CO)c(OC)c(C)c1C. The molecule has 0 aliphatic carbocycles. The molecule has 4 heteroatoms. The normalized spacial score (nSPS) is 11.5.